The first-order chi connectivity index (χ1) is 10.9. The molecule has 3 aromatic heterocycles. The van der Waals surface area contributed by atoms with Gasteiger partial charge in [0.15, 0.2) is 15.8 Å². The van der Waals surface area contributed by atoms with E-state index in [-0.39, 0.29) is 0 Å². The first kappa shape index (κ1) is 15.3. The molecular weight excluding hydrogens is 368 g/mol. The summed E-state index contributed by atoms with van der Waals surface area (Å²) in [4.78, 5) is 28.4. The SMILES string of the molecule is Cn1c(=O)c2c(nc(N/N=C\c3ccc(Br)o3)n2C)n(C)c1=O. The highest BCUT2D eigenvalue weighted by Gasteiger charge is 2.16. The fraction of sp³-hybridized carbons (Fsp3) is 0.231. The van der Waals surface area contributed by atoms with Crippen LogP contribution in [-0.2, 0) is 21.1 Å². The molecular formula is C13H13BrN6O3. The number of hydrogen-bond donors (Lipinski definition) is 1. The first-order valence-electron chi connectivity index (χ1n) is 6.57. The number of aryl methyl sites for hydroxylation is 2. The summed E-state index contributed by atoms with van der Waals surface area (Å²) in [6.45, 7) is 0. The van der Waals surface area contributed by atoms with Gasteiger partial charge in [-0.2, -0.15) is 10.1 Å². The molecule has 0 aliphatic heterocycles. The molecule has 0 fully saturated rings. The van der Waals surface area contributed by atoms with Crippen LogP contribution in [0.25, 0.3) is 11.2 Å². The Morgan fingerprint density at radius 3 is 2.61 bits per heavy atom. The maximum absolute atomic E-state index is 12.2. The molecule has 0 aliphatic carbocycles. The predicted molar refractivity (Wildman–Crippen MR) is 88.8 cm³/mol. The largest absolute Gasteiger partial charge is 0.448 e. The summed E-state index contributed by atoms with van der Waals surface area (Å²) in [7, 11) is 4.66. The molecule has 0 bridgehead atoms. The van der Waals surface area contributed by atoms with E-state index in [1.54, 1.807) is 30.8 Å². The Kier molecular flexibility index (Phi) is 3.68. The zero-order valence-corrected chi connectivity index (χ0v) is 14.2. The molecule has 3 heterocycles. The standard InChI is InChI=1S/C13H13BrN6O3/c1-18-9-10(19(2)13(22)20(3)11(9)21)16-12(18)17-15-6-7-4-5-8(14)23-7/h4-6H,1-3H3,(H,16,17)/b15-6-. The molecule has 0 spiro atoms. The summed E-state index contributed by atoms with van der Waals surface area (Å²) in [5.41, 5.74) is 2.49. The van der Waals surface area contributed by atoms with Crippen molar-refractivity contribution in [2.45, 2.75) is 0 Å². The molecule has 120 valence electrons. The lowest BCUT2D eigenvalue weighted by atomic mass is 10.5. The molecule has 3 rings (SSSR count). The Morgan fingerprint density at radius 2 is 1.96 bits per heavy atom. The van der Waals surface area contributed by atoms with E-state index in [4.69, 9.17) is 4.42 Å². The highest BCUT2D eigenvalue weighted by Crippen LogP contribution is 2.14. The molecule has 3 aromatic rings. The minimum Gasteiger partial charge on any atom is -0.448 e. The highest BCUT2D eigenvalue weighted by molar-refractivity contribution is 9.10. The fourth-order valence-corrected chi connectivity index (χ4v) is 2.49. The van der Waals surface area contributed by atoms with Gasteiger partial charge in [0.2, 0.25) is 5.95 Å². The van der Waals surface area contributed by atoms with Crippen LogP contribution in [0.4, 0.5) is 5.95 Å². The highest BCUT2D eigenvalue weighted by atomic mass is 79.9. The van der Waals surface area contributed by atoms with Crippen molar-refractivity contribution < 1.29 is 4.42 Å². The fourth-order valence-electron chi connectivity index (χ4n) is 2.17. The number of halogens is 1. The molecule has 10 heteroatoms. The number of aromatic nitrogens is 4. The quantitative estimate of drug-likeness (QED) is 0.534. The van der Waals surface area contributed by atoms with Crippen molar-refractivity contribution in [1.29, 1.82) is 0 Å². The van der Waals surface area contributed by atoms with E-state index < -0.39 is 11.2 Å². The number of nitrogens with one attached hydrogen (secondary N) is 1. The van der Waals surface area contributed by atoms with Gasteiger partial charge in [0.1, 0.15) is 5.76 Å². The second-order valence-electron chi connectivity index (χ2n) is 4.88. The molecule has 0 saturated heterocycles. The zero-order chi connectivity index (χ0) is 16.7. The van der Waals surface area contributed by atoms with Gasteiger partial charge in [-0.25, -0.2) is 10.2 Å². The van der Waals surface area contributed by atoms with Gasteiger partial charge >= 0.3 is 5.69 Å². The van der Waals surface area contributed by atoms with Crippen molar-refractivity contribution in [3.05, 3.63) is 43.4 Å². The normalized spacial score (nSPS) is 11.7. The van der Waals surface area contributed by atoms with Crippen LogP contribution in [-0.4, -0.2) is 24.9 Å². The van der Waals surface area contributed by atoms with Crippen LogP contribution in [0.3, 0.4) is 0 Å². The summed E-state index contributed by atoms with van der Waals surface area (Å²) >= 11 is 3.20. The van der Waals surface area contributed by atoms with Gasteiger partial charge in [0.05, 0.1) is 6.21 Å². The van der Waals surface area contributed by atoms with Crippen molar-refractivity contribution in [2.24, 2.45) is 26.2 Å². The Balaban J connectivity index is 2.03. The number of imidazole rings is 1. The Hall–Kier alpha value is -2.62. The number of hydrogen-bond acceptors (Lipinski definition) is 6. The smallest absolute Gasteiger partial charge is 0.332 e. The van der Waals surface area contributed by atoms with E-state index >= 15 is 0 Å². The second-order valence-corrected chi connectivity index (χ2v) is 5.67. The van der Waals surface area contributed by atoms with E-state index in [2.05, 4.69) is 31.4 Å². The summed E-state index contributed by atoms with van der Waals surface area (Å²) in [5.74, 6) is 0.881. The zero-order valence-electron chi connectivity index (χ0n) is 12.6. The van der Waals surface area contributed by atoms with E-state index in [9.17, 15) is 9.59 Å². The Labute approximate surface area is 138 Å². The molecule has 0 aromatic carbocycles. The predicted octanol–water partition coefficient (Wildman–Crippen LogP) is 0.772. The van der Waals surface area contributed by atoms with Gasteiger partial charge in [0, 0.05) is 21.1 Å². The average molecular weight is 381 g/mol. The van der Waals surface area contributed by atoms with Crippen LogP contribution in [0.15, 0.2) is 35.9 Å². The lowest BCUT2D eigenvalue weighted by Gasteiger charge is -2.03. The van der Waals surface area contributed by atoms with Gasteiger partial charge in [-0.3, -0.25) is 13.9 Å². The molecule has 23 heavy (non-hydrogen) atoms. The molecule has 0 unspecified atom stereocenters. The topological polar surface area (TPSA) is 99.3 Å². The Bertz CT molecular complexity index is 1040. The third-order valence-corrected chi connectivity index (χ3v) is 3.85. The lowest BCUT2D eigenvalue weighted by molar-refractivity contribution is 0.534. The number of anilines is 1. The monoisotopic (exact) mass is 380 g/mol. The third kappa shape index (κ3) is 2.50. The van der Waals surface area contributed by atoms with Crippen LogP contribution in [0.2, 0.25) is 0 Å². The molecule has 0 amide bonds. The van der Waals surface area contributed by atoms with Gasteiger partial charge in [-0.15, -0.1) is 0 Å². The maximum Gasteiger partial charge on any atom is 0.332 e. The third-order valence-electron chi connectivity index (χ3n) is 3.43. The maximum atomic E-state index is 12.2. The van der Waals surface area contributed by atoms with Crippen molar-refractivity contribution in [3.8, 4) is 0 Å². The first-order valence-corrected chi connectivity index (χ1v) is 7.36. The lowest BCUT2D eigenvalue weighted by Crippen LogP contribution is -2.37. The number of hydrazone groups is 1. The van der Waals surface area contributed by atoms with Crippen molar-refractivity contribution in [1.82, 2.24) is 18.7 Å². The van der Waals surface area contributed by atoms with Crippen LogP contribution in [0, 0.1) is 0 Å². The molecule has 0 atom stereocenters. The van der Waals surface area contributed by atoms with Crippen LogP contribution >= 0.6 is 15.9 Å². The summed E-state index contributed by atoms with van der Waals surface area (Å²) in [6.07, 6.45) is 1.47. The van der Waals surface area contributed by atoms with Crippen molar-refractivity contribution in [3.63, 3.8) is 0 Å². The molecule has 0 saturated carbocycles. The van der Waals surface area contributed by atoms with Gasteiger partial charge in [0.25, 0.3) is 5.56 Å². The Morgan fingerprint density at radius 1 is 1.22 bits per heavy atom. The number of nitrogens with zero attached hydrogens (tertiary/aromatic N) is 5. The van der Waals surface area contributed by atoms with E-state index in [1.807, 2.05) is 0 Å². The molecule has 0 aliphatic rings. The minimum atomic E-state index is -0.434. The van der Waals surface area contributed by atoms with E-state index in [1.165, 1.54) is 17.8 Å². The van der Waals surface area contributed by atoms with Gasteiger partial charge in [-0.1, -0.05) is 0 Å². The van der Waals surface area contributed by atoms with Crippen LogP contribution in [0.5, 0.6) is 0 Å². The van der Waals surface area contributed by atoms with Crippen molar-refractivity contribution >= 4 is 39.3 Å². The van der Waals surface area contributed by atoms with Crippen LogP contribution in [0.1, 0.15) is 5.76 Å². The molecule has 9 nitrogen and oxygen atoms in total. The summed E-state index contributed by atoms with van der Waals surface area (Å²) in [6, 6.07) is 3.49. The van der Waals surface area contributed by atoms with Crippen LogP contribution < -0.4 is 16.7 Å². The van der Waals surface area contributed by atoms with Crippen molar-refractivity contribution in [2.75, 3.05) is 5.43 Å². The number of furan rings is 1. The molecule has 1 N–H and O–H groups in total. The number of rotatable bonds is 3. The average Bonchev–Trinajstić information content (AvgIpc) is 3.07. The molecule has 0 radical (unpaired) electrons. The summed E-state index contributed by atoms with van der Waals surface area (Å²) < 4.78 is 9.78. The van der Waals surface area contributed by atoms with Gasteiger partial charge in [-0.05, 0) is 28.1 Å². The second kappa shape index (κ2) is 5.54. The summed E-state index contributed by atoms with van der Waals surface area (Å²) in [5, 5.41) is 4.02. The number of fused-ring (bicyclic) bond motifs is 1. The van der Waals surface area contributed by atoms with E-state index in [0.29, 0.717) is 27.5 Å². The van der Waals surface area contributed by atoms with Gasteiger partial charge < -0.3 is 8.98 Å². The minimum absolute atomic E-state index is 0.291. The van der Waals surface area contributed by atoms with E-state index in [0.717, 1.165) is 4.57 Å².